The predicted molar refractivity (Wildman–Crippen MR) is 86.5 cm³/mol. The second-order valence-electron chi connectivity index (χ2n) is 4.46. The van der Waals surface area contributed by atoms with Crippen LogP contribution in [0.4, 0.5) is 0 Å². The summed E-state index contributed by atoms with van der Waals surface area (Å²) in [7, 11) is 0. The number of ether oxygens (including phenoxy) is 2. The van der Waals surface area contributed by atoms with Crippen molar-refractivity contribution in [3.8, 4) is 11.5 Å². The smallest absolute Gasteiger partial charge is 0.231 e. The van der Waals surface area contributed by atoms with Crippen molar-refractivity contribution in [2.75, 3.05) is 6.79 Å². The van der Waals surface area contributed by atoms with Crippen molar-refractivity contribution < 1.29 is 9.47 Å². The van der Waals surface area contributed by atoms with Crippen LogP contribution in [0.25, 0.3) is 4.48 Å². The van der Waals surface area contributed by atoms with Crippen molar-refractivity contribution in [3.63, 3.8) is 0 Å². The summed E-state index contributed by atoms with van der Waals surface area (Å²) < 4.78 is 11.7. The highest BCUT2D eigenvalue weighted by molar-refractivity contribution is 9.15. The number of hydrogen-bond donors (Lipinski definition) is 0. The zero-order valence-electron chi connectivity index (χ0n) is 10.9. The van der Waals surface area contributed by atoms with Crippen molar-refractivity contribution in [2.45, 2.75) is 11.8 Å². The van der Waals surface area contributed by atoms with E-state index in [-0.39, 0.29) is 0 Å². The van der Waals surface area contributed by atoms with E-state index in [9.17, 15) is 0 Å². The summed E-state index contributed by atoms with van der Waals surface area (Å²) in [6, 6.07) is 14.4. The van der Waals surface area contributed by atoms with Gasteiger partial charge in [-0.15, -0.1) is 0 Å². The van der Waals surface area contributed by atoms with E-state index in [1.54, 1.807) is 11.8 Å². The predicted octanol–water partition coefficient (Wildman–Crippen LogP) is 5.21. The molecule has 2 nitrogen and oxygen atoms in total. The van der Waals surface area contributed by atoms with Gasteiger partial charge in [0, 0.05) is 9.38 Å². The molecule has 0 unspecified atom stereocenters. The van der Waals surface area contributed by atoms with Gasteiger partial charge in [-0.05, 0) is 64.2 Å². The monoisotopic (exact) mass is 348 g/mol. The highest BCUT2D eigenvalue weighted by Crippen LogP contribution is 2.37. The molecule has 0 saturated carbocycles. The van der Waals surface area contributed by atoms with E-state index < -0.39 is 0 Å². The fraction of sp³-hybridized carbons (Fsp3) is 0.125. The van der Waals surface area contributed by atoms with Gasteiger partial charge in [0.2, 0.25) is 6.79 Å². The van der Waals surface area contributed by atoms with Crippen molar-refractivity contribution in [1.82, 2.24) is 0 Å². The van der Waals surface area contributed by atoms with Crippen molar-refractivity contribution in [2.24, 2.45) is 0 Å². The van der Waals surface area contributed by atoms with Crippen LogP contribution in [0.1, 0.15) is 11.1 Å². The topological polar surface area (TPSA) is 18.5 Å². The van der Waals surface area contributed by atoms with Crippen LogP contribution < -0.4 is 9.47 Å². The maximum Gasteiger partial charge on any atom is 0.231 e. The normalized spacial score (nSPS) is 13.6. The molecule has 0 aliphatic carbocycles. The lowest BCUT2D eigenvalue weighted by Gasteiger charge is -2.03. The molecule has 0 bridgehead atoms. The number of hydrogen-bond acceptors (Lipinski definition) is 3. The second kappa shape index (κ2) is 5.94. The lowest BCUT2D eigenvalue weighted by molar-refractivity contribution is 0.174. The molecule has 0 radical (unpaired) electrons. The van der Waals surface area contributed by atoms with Gasteiger partial charge in [-0.25, -0.2) is 0 Å². The fourth-order valence-corrected chi connectivity index (χ4v) is 3.05. The van der Waals surface area contributed by atoms with Gasteiger partial charge in [0.15, 0.2) is 11.5 Å². The molecule has 1 heterocycles. The number of fused-ring (bicyclic) bond motifs is 1. The molecule has 4 heteroatoms. The molecule has 0 spiro atoms. The largest absolute Gasteiger partial charge is 0.454 e. The van der Waals surface area contributed by atoms with Crippen molar-refractivity contribution >= 4 is 32.2 Å². The van der Waals surface area contributed by atoms with Gasteiger partial charge in [-0.3, -0.25) is 0 Å². The highest BCUT2D eigenvalue weighted by atomic mass is 79.9. The van der Waals surface area contributed by atoms with Gasteiger partial charge in [-0.1, -0.05) is 29.5 Å². The first-order chi connectivity index (χ1) is 9.72. The molecular formula is C16H13BrO2S. The minimum Gasteiger partial charge on any atom is -0.454 e. The Balaban J connectivity index is 1.76. The number of halogens is 1. The lowest BCUT2D eigenvalue weighted by atomic mass is 10.2. The van der Waals surface area contributed by atoms with E-state index in [1.165, 1.54) is 10.5 Å². The minimum atomic E-state index is 0.304. The number of aryl methyl sites for hydroxylation is 1. The van der Waals surface area contributed by atoms with Gasteiger partial charge in [0.25, 0.3) is 0 Å². The summed E-state index contributed by atoms with van der Waals surface area (Å²) in [5.41, 5.74) is 2.35. The second-order valence-corrected chi connectivity index (χ2v) is 6.26. The maximum absolute atomic E-state index is 5.39. The zero-order valence-corrected chi connectivity index (χ0v) is 13.3. The lowest BCUT2D eigenvalue weighted by Crippen LogP contribution is -1.92. The Kier molecular flexibility index (Phi) is 4.03. The highest BCUT2D eigenvalue weighted by Gasteiger charge is 2.13. The zero-order chi connectivity index (χ0) is 13.9. The van der Waals surface area contributed by atoms with Crippen molar-refractivity contribution in [3.05, 3.63) is 59.0 Å². The fourth-order valence-electron chi connectivity index (χ4n) is 1.85. The van der Waals surface area contributed by atoms with Crippen LogP contribution in [0.3, 0.4) is 0 Å². The molecule has 0 atom stereocenters. The molecule has 1 aliphatic rings. The van der Waals surface area contributed by atoms with E-state index in [4.69, 9.17) is 9.47 Å². The summed E-state index contributed by atoms with van der Waals surface area (Å²) in [6.07, 6.45) is 0. The Hall–Kier alpha value is -1.39. The van der Waals surface area contributed by atoms with Crippen LogP contribution in [0.15, 0.2) is 52.8 Å². The number of thioether (sulfide) groups is 1. The molecule has 20 heavy (non-hydrogen) atoms. The van der Waals surface area contributed by atoms with E-state index >= 15 is 0 Å². The molecular weight excluding hydrogens is 336 g/mol. The van der Waals surface area contributed by atoms with Gasteiger partial charge < -0.3 is 9.47 Å². The third-order valence-electron chi connectivity index (χ3n) is 2.97. The Bertz CT molecular complexity index is 650. The molecule has 0 saturated heterocycles. The van der Waals surface area contributed by atoms with Crippen LogP contribution in [-0.2, 0) is 0 Å². The standard InChI is InChI=1S/C16H13BrO2S/c1-11-2-5-13(6-3-11)20-9-14(17)12-4-7-15-16(8-12)19-10-18-15/h2-9H,10H2,1H3/b14-9+. The Morgan fingerprint density at radius 1 is 1.10 bits per heavy atom. The summed E-state index contributed by atoms with van der Waals surface area (Å²) >= 11 is 5.29. The third kappa shape index (κ3) is 3.02. The minimum absolute atomic E-state index is 0.304. The van der Waals surface area contributed by atoms with Crippen LogP contribution in [0, 0.1) is 6.92 Å². The SMILES string of the molecule is Cc1ccc(S/C=C(/Br)c2ccc3c(c2)OCO3)cc1. The molecule has 0 fully saturated rings. The molecule has 2 aromatic carbocycles. The van der Waals surface area contributed by atoms with Gasteiger partial charge >= 0.3 is 0 Å². The molecule has 0 N–H and O–H groups in total. The summed E-state index contributed by atoms with van der Waals surface area (Å²) in [6.45, 7) is 2.39. The molecule has 0 aromatic heterocycles. The molecule has 0 amide bonds. The van der Waals surface area contributed by atoms with Gasteiger partial charge in [0.05, 0.1) is 0 Å². The Morgan fingerprint density at radius 2 is 1.85 bits per heavy atom. The van der Waals surface area contributed by atoms with E-state index in [0.29, 0.717) is 6.79 Å². The average Bonchev–Trinajstić information content (AvgIpc) is 2.93. The van der Waals surface area contributed by atoms with E-state index in [2.05, 4.69) is 52.5 Å². The quantitative estimate of drug-likeness (QED) is 0.709. The summed E-state index contributed by atoms with van der Waals surface area (Å²) in [5, 5.41) is 2.09. The number of benzene rings is 2. The molecule has 3 rings (SSSR count). The molecule has 102 valence electrons. The Morgan fingerprint density at radius 3 is 2.65 bits per heavy atom. The first-order valence-corrected chi connectivity index (χ1v) is 7.89. The first-order valence-electron chi connectivity index (χ1n) is 6.21. The summed E-state index contributed by atoms with van der Waals surface area (Å²) in [5.74, 6) is 1.61. The van der Waals surface area contributed by atoms with Crippen LogP contribution in [0.2, 0.25) is 0 Å². The van der Waals surface area contributed by atoms with Gasteiger partial charge in [-0.2, -0.15) is 0 Å². The van der Waals surface area contributed by atoms with Crippen LogP contribution >= 0.6 is 27.7 Å². The average molecular weight is 349 g/mol. The van der Waals surface area contributed by atoms with E-state index in [1.807, 2.05) is 18.2 Å². The maximum atomic E-state index is 5.39. The molecule has 2 aromatic rings. The van der Waals surface area contributed by atoms with Gasteiger partial charge in [0.1, 0.15) is 0 Å². The third-order valence-corrected chi connectivity index (χ3v) is 4.86. The van der Waals surface area contributed by atoms with Crippen LogP contribution in [0.5, 0.6) is 11.5 Å². The van der Waals surface area contributed by atoms with Crippen molar-refractivity contribution in [1.29, 1.82) is 0 Å². The number of rotatable bonds is 3. The van der Waals surface area contributed by atoms with E-state index in [0.717, 1.165) is 21.5 Å². The summed E-state index contributed by atoms with van der Waals surface area (Å²) in [4.78, 5) is 1.22. The first kappa shape index (κ1) is 13.6. The Labute approximate surface area is 130 Å². The molecule has 1 aliphatic heterocycles. The van der Waals surface area contributed by atoms with Crippen LogP contribution in [-0.4, -0.2) is 6.79 Å².